The number of phenolic OH excluding ortho intramolecular Hbond substituents is 1. The van der Waals surface area contributed by atoms with Crippen LogP contribution in [0, 0.1) is 0 Å². The Labute approximate surface area is 122 Å². The van der Waals surface area contributed by atoms with Crippen LogP contribution in [0.5, 0.6) is 11.5 Å². The van der Waals surface area contributed by atoms with Crippen molar-refractivity contribution in [1.82, 2.24) is 4.31 Å². The standard InChI is InChI=1S/C11H16N2O7S/c1-7-18-13(20-19-7)8-5-10(17-4)9(14)6-11(8)21(15,16)12(2)3/h5-7,14H,1-4H3. The zero-order valence-corrected chi connectivity index (χ0v) is 12.7. The quantitative estimate of drug-likeness (QED) is 0.806. The smallest absolute Gasteiger partial charge is 0.244 e. The summed E-state index contributed by atoms with van der Waals surface area (Å²) in [7, 11) is 0.220. The van der Waals surface area contributed by atoms with Crippen LogP contribution >= 0.6 is 0 Å². The lowest BCUT2D eigenvalue weighted by molar-refractivity contribution is -0.280. The van der Waals surface area contributed by atoms with Crippen molar-refractivity contribution >= 4 is 15.7 Å². The lowest BCUT2D eigenvalue weighted by atomic mass is 10.3. The van der Waals surface area contributed by atoms with E-state index in [4.69, 9.17) is 19.5 Å². The van der Waals surface area contributed by atoms with Crippen LogP contribution in [0.3, 0.4) is 0 Å². The Kier molecular flexibility index (Phi) is 4.25. The molecule has 0 bridgehead atoms. The Morgan fingerprint density at radius 2 is 2.05 bits per heavy atom. The van der Waals surface area contributed by atoms with Crippen molar-refractivity contribution in [3.8, 4) is 11.5 Å². The molecule has 1 aliphatic heterocycles. The van der Waals surface area contributed by atoms with Gasteiger partial charge in [0.1, 0.15) is 10.6 Å². The summed E-state index contributed by atoms with van der Waals surface area (Å²) in [6.07, 6.45) is -0.709. The minimum Gasteiger partial charge on any atom is -0.504 e. The van der Waals surface area contributed by atoms with Crippen molar-refractivity contribution in [2.45, 2.75) is 18.1 Å². The van der Waals surface area contributed by atoms with Gasteiger partial charge in [-0.1, -0.05) is 10.2 Å². The maximum atomic E-state index is 12.3. The van der Waals surface area contributed by atoms with Crippen LogP contribution in [0.1, 0.15) is 6.92 Å². The highest BCUT2D eigenvalue weighted by atomic mass is 32.2. The molecule has 0 radical (unpaired) electrons. The van der Waals surface area contributed by atoms with Gasteiger partial charge >= 0.3 is 0 Å². The molecule has 1 atom stereocenters. The maximum Gasteiger partial charge on any atom is 0.244 e. The summed E-state index contributed by atoms with van der Waals surface area (Å²) < 4.78 is 30.6. The molecule has 0 spiro atoms. The first kappa shape index (κ1) is 15.8. The van der Waals surface area contributed by atoms with Crippen molar-refractivity contribution < 1.29 is 33.0 Å². The molecule has 1 fully saturated rings. The molecule has 2 rings (SSSR count). The second-order valence-electron chi connectivity index (χ2n) is 4.38. The van der Waals surface area contributed by atoms with Crippen LogP contribution in [-0.4, -0.2) is 45.3 Å². The van der Waals surface area contributed by atoms with E-state index in [-0.39, 0.29) is 22.1 Å². The van der Waals surface area contributed by atoms with Gasteiger partial charge in [-0.05, 0) is 6.92 Å². The van der Waals surface area contributed by atoms with Gasteiger partial charge in [0, 0.05) is 26.2 Å². The number of hydrogen-bond donors (Lipinski definition) is 1. The first-order valence-corrected chi connectivity index (χ1v) is 7.35. The Hall–Kier alpha value is -1.59. The van der Waals surface area contributed by atoms with E-state index in [0.717, 1.165) is 15.6 Å². The number of sulfonamides is 1. The number of hydrogen-bond acceptors (Lipinski definition) is 8. The van der Waals surface area contributed by atoms with Crippen molar-refractivity contribution in [2.24, 2.45) is 0 Å². The fraction of sp³-hybridized carbons (Fsp3) is 0.455. The second kappa shape index (κ2) is 5.66. The van der Waals surface area contributed by atoms with Gasteiger partial charge in [-0.2, -0.15) is 4.89 Å². The predicted molar refractivity (Wildman–Crippen MR) is 70.7 cm³/mol. The van der Waals surface area contributed by atoms with Crippen molar-refractivity contribution in [3.05, 3.63) is 12.1 Å². The van der Waals surface area contributed by atoms with E-state index in [0.29, 0.717) is 0 Å². The third kappa shape index (κ3) is 2.89. The number of phenols is 1. The average Bonchev–Trinajstić information content (AvgIpc) is 2.84. The summed E-state index contributed by atoms with van der Waals surface area (Å²) in [5.74, 6) is -0.260. The first-order valence-electron chi connectivity index (χ1n) is 5.91. The highest BCUT2D eigenvalue weighted by Crippen LogP contribution is 2.39. The van der Waals surface area contributed by atoms with E-state index in [1.54, 1.807) is 6.92 Å². The molecule has 1 N–H and O–H groups in total. The number of methoxy groups -OCH3 is 1. The number of rotatable bonds is 4. The fourth-order valence-corrected chi connectivity index (χ4v) is 2.67. The third-order valence-corrected chi connectivity index (χ3v) is 4.55. The zero-order chi connectivity index (χ0) is 15.8. The molecule has 10 heteroatoms. The Balaban J connectivity index is 2.60. The van der Waals surface area contributed by atoms with Gasteiger partial charge in [-0.15, -0.1) is 0 Å². The van der Waals surface area contributed by atoms with Crippen LogP contribution < -0.4 is 9.96 Å². The molecular weight excluding hydrogens is 304 g/mol. The Morgan fingerprint density at radius 3 is 2.52 bits per heavy atom. The van der Waals surface area contributed by atoms with E-state index in [2.05, 4.69) is 0 Å². The molecule has 1 aliphatic rings. The molecule has 1 aromatic carbocycles. The minimum absolute atomic E-state index is 0.0164. The van der Waals surface area contributed by atoms with E-state index >= 15 is 0 Å². The van der Waals surface area contributed by atoms with Crippen molar-refractivity contribution in [3.63, 3.8) is 0 Å². The number of nitrogens with zero attached hydrogens (tertiary/aromatic N) is 2. The number of benzene rings is 1. The van der Waals surface area contributed by atoms with Crippen LogP contribution in [0.15, 0.2) is 17.0 Å². The van der Waals surface area contributed by atoms with Crippen molar-refractivity contribution in [2.75, 3.05) is 26.4 Å². The van der Waals surface area contributed by atoms with Crippen LogP contribution in [0.25, 0.3) is 0 Å². The van der Waals surface area contributed by atoms with Gasteiger partial charge in [0.2, 0.25) is 16.3 Å². The van der Waals surface area contributed by atoms with Gasteiger partial charge in [0.05, 0.1) is 7.11 Å². The number of ether oxygens (including phenoxy) is 1. The summed E-state index contributed by atoms with van der Waals surface area (Å²) >= 11 is 0. The first-order chi connectivity index (χ1) is 9.77. The lowest BCUT2D eigenvalue weighted by Gasteiger charge is -2.19. The summed E-state index contributed by atoms with van der Waals surface area (Å²) in [5, 5.41) is 10.6. The molecular formula is C11H16N2O7S. The third-order valence-electron chi connectivity index (χ3n) is 2.71. The van der Waals surface area contributed by atoms with E-state index in [1.807, 2.05) is 0 Å². The average molecular weight is 320 g/mol. The van der Waals surface area contributed by atoms with Gasteiger partial charge in [0.15, 0.2) is 11.5 Å². The highest BCUT2D eigenvalue weighted by molar-refractivity contribution is 7.89. The predicted octanol–water partition coefficient (Wildman–Crippen LogP) is 0.612. The highest BCUT2D eigenvalue weighted by Gasteiger charge is 2.32. The van der Waals surface area contributed by atoms with E-state index in [9.17, 15) is 13.5 Å². The van der Waals surface area contributed by atoms with Crippen LogP contribution in [-0.2, 0) is 24.7 Å². The van der Waals surface area contributed by atoms with E-state index in [1.165, 1.54) is 27.3 Å². The normalized spacial score (nSPS) is 19.3. The summed E-state index contributed by atoms with van der Waals surface area (Å²) in [6.45, 7) is 1.57. The Morgan fingerprint density at radius 1 is 1.38 bits per heavy atom. The summed E-state index contributed by atoms with van der Waals surface area (Å²) in [4.78, 5) is 14.5. The SMILES string of the molecule is COc1cc(N2OOC(C)O2)c(S(=O)(=O)N(C)C)cc1O. The maximum absolute atomic E-state index is 12.3. The van der Waals surface area contributed by atoms with Crippen molar-refractivity contribution in [1.29, 1.82) is 0 Å². The molecule has 118 valence electrons. The molecule has 1 heterocycles. The fourth-order valence-electron chi connectivity index (χ4n) is 1.61. The summed E-state index contributed by atoms with van der Waals surface area (Å²) in [6, 6.07) is 2.33. The van der Waals surface area contributed by atoms with Gasteiger partial charge < -0.3 is 9.84 Å². The lowest BCUT2D eigenvalue weighted by Crippen LogP contribution is -2.26. The molecule has 9 nitrogen and oxygen atoms in total. The van der Waals surface area contributed by atoms with Gasteiger partial charge in [-0.25, -0.2) is 17.6 Å². The molecule has 0 saturated carbocycles. The van der Waals surface area contributed by atoms with Gasteiger partial charge in [-0.3, -0.25) is 0 Å². The molecule has 1 saturated heterocycles. The molecule has 21 heavy (non-hydrogen) atoms. The van der Waals surface area contributed by atoms with Gasteiger partial charge in [0.25, 0.3) is 0 Å². The Bertz CT molecular complexity index is 632. The molecule has 0 amide bonds. The number of anilines is 1. The largest absolute Gasteiger partial charge is 0.504 e. The number of aromatic hydroxyl groups is 1. The minimum atomic E-state index is -3.85. The molecule has 0 aliphatic carbocycles. The molecule has 1 aromatic rings. The zero-order valence-electron chi connectivity index (χ0n) is 11.9. The van der Waals surface area contributed by atoms with E-state index < -0.39 is 16.3 Å². The monoisotopic (exact) mass is 320 g/mol. The summed E-state index contributed by atoms with van der Waals surface area (Å²) in [5.41, 5.74) is 0.0164. The molecule has 0 aromatic heterocycles. The van der Waals surface area contributed by atoms with Crippen LogP contribution in [0.4, 0.5) is 5.69 Å². The molecule has 1 unspecified atom stereocenters. The van der Waals surface area contributed by atoms with Crippen LogP contribution in [0.2, 0.25) is 0 Å². The topological polar surface area (TPSA) is 97.8 Å². The second-order valence-corrected chi connectivity index (χ2v) is 6.50.